The molecule has 3 heterocycles. The maximum absolute atomic E-state index is 14.4. The van der Waals surface area contributed by atoms with Crippen LogP contribution >= 0.6 is 11.6 Å². The Balaban J connectivity index is 1.92. The molecule has 0 aliphatic carbocycles. The van der Waals surface area contributed by atoms with Crippen LogP contribution in [0.3, 0.4) is 0 Å². The third kappa shape index (κ3) is 3.36. The van der Waals surface area contributed by atoms with Crippen LogP contribution < -0.4 is 10.1 Å². The zero-order valence-corrected chi connectivity index (χ0v) is 15.6. The predicted octanol–water partition coefficient (Wildman–Crippen LogP) is 4.19. The standard InChI is InChI=1S/C20H15ClFN3O3/c1-27-20(26)12-6-11(9-23-10-12)14-8-17(15-7-13(21)2-3-16(15)22)25-19-18(14)28-5-4-24-19/h2-3,6-10H,4-5H2,1H3,(H,24,25). The molecule has 6 nitrogen and oxygen atoms in total. The Labute approximate surface area is 165 Å². The van der Waals surface area contributed by atoms with Gasteiger partial charge in [0.2, 0.25) is 0 Å². The molecule has 1 aromatic carbocycles. The molecular formula is C20H15ClFN3O3. The summed E-state index contributed by atoms with van der Waals surface area (Å²) in [6.45, 7) is 1.03. The van der Waals surface area contributed by atoms with Gasteiger partial charge < -0.3 is 14.8 Å². The van der Waals surface area contributed by atoms with Crippen molar-refractivity contribution < 1.29 is 18.7 Å². The first-order valence-electron chi connectivity index (χ1n) is 8.47. The van der Waals surface area contributed by atoms with E-state index in [2.05, 4.69) is 15.3 Å². The van der Waals surface area contributed by atoms with E-state index in [1.54, 1.807) is 18.3 Å². The summed E-state index contributed by atoms with van der Waals surface area (Å²) in [6.07, 6.45) is 3.01. The number of anilines is 1. The maximum Gasteiger partial charge on any atom is 0.339 e. The van der Waals surface area contributed by atoms with Gasteiger partial charge in [-0.15, -0.1) is 0 Å². The van der Waals surface area contributed by atoms with Crippen LogP contribution in [0.5, 0.6) is 5.75 Å². The Hall–Kier alpha value is -3.19. The highest BCUT2D eigenvalue weighted by Crippen LogP contribution is 2.40. The number of carbonyl (C=O) groups is 1. The number of esters is 1. The van der Waals surface area contributed by atoms with Gasteiger partial charge in [-0.05, 0) is 30.3 Å². The maximum atomic E-state index is 14.4. The number of fused-ring (bicyclic) bond motifs is 1. The number of aromatic nitrogens is 2. The number of halogens is 2. The van der Waals surface area contributed by atoms with E-state index in [-0.39, 0.29) is 5.56 Å². The molecular weight excluding hydrogens is 385 g/mol. The van der Waals surface area contributed by atoms with Gasteiger partial charge >= 0.3 is 5.97 Å². The summed E-state index contributed by atoms with van der Waals surface area (Å²) in [5.41, 5.74) is 2.19. The molecule has 0 bridgehead atoms. The van der Waals surface area contributed by atoms with Gasteiger partial charge in [0.25, 0.3) is 0 Å². The SMILES string of the molecule is COC(=O)c1cncc(-c2cc(-c3cc(Cl)ccc3F)nc3c2OCCN3)c1. The summed E-state index contributed by atoms with van der Waals surface area (Å²) >= 11 is 6.04. The molecule has 0 saturated carbocycles. The molecule has 4 rings (SSSR count). The first kappa shape index (κ1) is 18.2. The number of ether oxygens (including phenoxy) is 2. The van der Waals surface area contributed by atoms with Gasteiger partial charge in [0, 0.05) is 34.1 Å². The van der Waals surface area contributed by atoms with E-state index in [1.807, 2.05) is 0 Å². The highest BCUT2D eigenvalue weighted by Gasteiger charge is 2.21. The topological polar surface area (TPSA) is 73.3 Å². The van der Waals surface area contributed by atoms with Gasteiger partial charge in [-0.2, -0.15) is 0 Å². The molecule has 0 saturated heterocycles. The summed E-state index contributed by atoms with van der Waals surface area (Å²) < 4.78 is 25.0. The smallest absolute Gasteiger partial charge is 0.339 e. The van der Waals surface area contributed by atoms with Crippen LogP contribution in [0.15, 0.2) is 42.7 Å². The van der Waals surface area contributed by atoms with E-state index >= 15 is 0 Å². The second-order valence-electron chi connectivity index (χ2n) is 6.09. The van der Waals surface area contributed by atoms with E-state index in [9.17, 15) is 9.18 Å². The van der Waals surface area contributed by atoms with E-state index < -0.39 is 11.8 Å². The van der Waals surface area contributed by atoms with Crippen molar-refractivity contribution in [2.24, 2.45) is 0 Å². The molecule has 0 unspecified atom stereocenters. The molecule has 1 aliphatic rings. The first-order chi connectivity index (χ1) is 13.6. The minimum Gasteiger partial charge on any atom is -0.487 e. The predicted molar refractivity (Wildman–Crippen MR) is 103 cm³/mol. The van der Waals surface area contributed by atoms with Gasteiger partial charge in [-0.3, -0.25) is 4.98 Å². The number of hydrogen-bond donors (Lipinski definition) is 1. The molecule has 2 aromatic heterocycles. The van der Waals surface area contributed by atoms with Crippen molar-refractivity contribution in [3.8, 4) is 28.1 Å². The summed E-state index contributed by atoms with van der Waals surface area (Å²) in [5.74, 6) is 0.0567. The van der Waals surface area contributed by atoms with Crippen molar-refractivity contribution in [1.82, 2.24) is 9.97 Å². The van der Waals surface area contributed by atoms with Crippen molar-refractivity contribution in [1.29, 1.82) is 0 Å². The molecule has 3 aromatic rings. The fraction of sp³-hybridized carbons (Fsp3) is 0.150. The van der Waals surface area contributed by atoms with Gasteiger partial charge in [0.1, 0.15) is 12.4 Å². The molecule has 0 atom stereocenters. The highest BCUT2D eigenvalue weighted by atomic mass is 35.5. The first-order valence-corrected chi connectivity index (χ1v) is 8.85. The van der Waals surface area contributed by atoms with Gasteiger partial charge in [0.05, 0.1) is 24.9 Å². The quantitative estimate of drug-likeness (QED) is 0.665. The third-order valence-corrected chi connectivity index (χ3v) is 4.52. The Bertz CT molecular complexity index is 1070. The molecule has 0 spiro atoms. The lowest BCUT2D eigenvalue weighted by molar-refractivity contribution is 0.0600. The summed E-state index contributed by atoms with van der Waals surface area (Å²) in [7, 11) is 1.30. The number of nitrogens with one attached hydrogen (secondary N) is 1. The van der Waals surface area contributed by atoms with Crippen LogP contribution in [-0.2, 0) is 4.74 Å². The van der Waals surface area contributed by atoms with Crippen molar-refractivity contribution >= 4 is 23.4 Å². The van der Waals surface area contributed by atoms with Crippen LogP contribution in [0.25, 0.3) is 22.4 Å². The Morgan fingerprint density at radius 2 is 2.11 bits per heavy atom. The number of rotatable bonds is 3. The fourth-order valence-electron chi connectivity index (χ4n) is 2.98. The van der Waals surface area contributed by atoms with Crippen LogP contribution in [0, 0.1) is 5.82 Å². The number of carbonyl (C=O) groups excluding carboxylic acids is 1. The average molecular weight is 400 g/mol. The van der Waals surface area contributed by atoms with E-state index in [0.717, 1.165) is 0 Å². The molecule has 1 aliphatic heterocycles. The lowest BCUT2D eigenvalue weighted by Crippen LogP contribution is -2.20. The fourth-order valence-corrected chi connectivity index (χ4v) is 3.16. The minimum atomic E-state index is -0.502. The zero-order chi connectivity index (χ0) is 19.7. The van der Waals surface area contributed by atoms with Crippen molar-refractivity contribution in [2.45, 2.75) is 0 Å². The number of methoxy groups -OCH3 is 1. The van der Waals surface area contributed by atoms with E-state index in [1.165, 1.54) is 31.5 Å². The van der Waals surface area contributed by atoms with Gasteiger partial charge in [-0.1, -0.05) is 11.6 Å². The minimum absolute atomic E-state index is 0.265. The Morgan fingerprint density at radius 3 is 2.93 bits per heavy atom. The van der Waals surface area contributed by atoms with Gasteiger partial charge in [0.15, 0.2) is 11.6 Å². The Kier molecular flexibility index (Phi) is 4.83. The average Bonchev–Trinajstić information content (AvgIpc) is 2.74. The zero-order valence-electron chi connectivity index (χ0n) is 14.8. The van der Waals surface area contributed by atoms with E-state index in [4.69, 9.17) is 21.1 Å². The lowest BCUT2D eigenvalue weighted by Gasteiger charge is -2.22. The molecule has 0 amide bonds. The van der Waals surface area contributed by atoms with Gasteiger partial charge in [-0.25, -0.2) is 14.2 Å². The molecule has 0 radical (unpaired) electrons. The molecule has 1 N–H and O–H groups in total. The molecule has 142 valence electrons. The molecule has 28 heavy (non-hydrogen) atoms. The summed E-state index contributed by atoms with van der Waals surface area (Å²) in [4.78, 5) is 20.5. The monoisotopic (exact) mass is 399 g/mol. The lowest BCUT2D eigenvalue weighted by atomic mass is 10.0. The van der Waals surface area contributed by atoms with Crippen LogP contribution in [0.2, 0.25) is 5.02 Å². The molecule has 8 heteroatoms. The normalized spacial score (nSPS) is 12.5. The summed E-state index contributed by atoms with van der Waals surface area (Å²) in [6, 6.07) is 7.62. The van der Waals surface area contributed by atoms with Crippen LogP contribution in [-0.4, -0.2) is 36.2 Å². The number of benzene rings is 1. The van der Waals surface area contributed by atoms with E-state index in [0.29, 0.717) is 52.1 Å². The Morgan fingerprint density at radius 1 is 1.25 bits per heavy atom. The van der Waals surface area contributed by atoms with Crippen LogP contribution in [0.4, 0.5) is 10.2 Å². The van der Waals surface area contributed by atoms with Crippen molar-refractivity contribution in [3.05, 3.63) is 59.1 Å². The largest absolute Gasteiger partial charge is 0.487 e. The number of nitrogens with zero attached hydrogens (tertiary/aromatic N) is 2. The second-order valence-corrected chi connectivity index (χ2v) is 6.52. The number of hydrogen-bond acceptors (Lipinski definition) is 6. The highest BCUT2D eigenvalue weighted by molar-refractivity contribution is 6.30. The third-order valence-electron chi connectivity index (χ3n) is 4.29. The molecule has 0 fully saturated rings. The second kappa shape index (κ2) is 7.44. The van der Waals surface area contributed by atoms with Crippen molar-refractivity contribution in [3.63, 3.8) is 0 Å². The van der Waals surface area contributed by atoms with Crippen LogP contribution in [0.1, 0.15) is 10.4 Å². The summed E-state index contributed by atoms with van der Waals surface area (Å²) in [5, 5.41) is 3.56. The van der Waals surface area contributed by atoms with Crippen molar-refractivity contribution in [2.75, 3.05) is 25.6 Å². The number of pyridine rings is 2.